The van der Waals surface area contributed by atoms with Gasteiger partial charge in [0.05, 0.1) is 5.52 Å². The molecule has 0 radical (unpaired) electrons. The fraction of sp³-hybridized carbons (Fsp3) is 0.0857. The second-order valence-corrected chi connectivity index (χ2v) is 10.9. The molecule has 38 heavy (non-hydrogen) atoms. The van der Waals surface area contributed by atoms with Crippen molar-refractivity contribution >= 4 is 37.8 Å². The molecule has 0 fully saturated rings. The van der Waals surface area contributed by atoms with Gasteiger partial charge < -0.3 is 0 Å². The molecule has 0 N–H and O–H groups in total. The molecule has 3 nitrogen and oxygen atoms in total. The van der Waals surface area contributed by atoms with Gasteiger partial charge in [-0.05, 0) is 74.5 Å². The number of benzene rings is 5. The summed E-state index contributed by atoms with van der Waals surface area (Å²) >= 11 is 0. The third kappa shape index (κ3) is 2.58. The summed E-state index contributed by atoms with van der Waals surface area (Å²) in [4.78, 5) is 27.2. The molecule has 1 aliphatic rings. The van der Waals surface area contributed by atoms with E-state index in [-0.39, 0.29) is 16.5 Å². The highest BCUT2D eigenvalue weighted by molar-refractivity contribution is 6.19. The standard InChI is InChI=1S/C35H23NO2/c1-35(2)30-14-8-7-11-24(30)25-16-15-20(19-31(25)35)21-17-28-22-9-3-5-12-26(22)33(37)36-32(28)29(18-21)23-10-4-6-13-27(23)34(36)38/h3-19H,1-2H3. The van der Waals surface area contributed by atoms with Crippen molar-refractivity contribution in [2.75, 3.05) is 0 Å². The molecule has 1 aliphatic carbocycles. The Bertz CT molecular complexity index is 2150. The van der Waals surface area contributed by atoms with Crippen molar-refractivity contribution in [2.45, 2.75) is 19.3 Å². The number of hydrogen-bond donors (Lipinski definition) is 0. The lowest BCUT2D eigenvalue weighted by molar-refractivity contribution is 0.660. The molecule has 2 heterocycles. The van der Waals surface area contributed by atoms with E-state index >= 15 is 0 Å². The SMILES string of the molecule is CC1(C)c2ccccc2-c2ccc(-c3cc4c5ccccc5c(=O)n5c(=O)c6ccccc6c(c3)c45)cc21. The summed E-state index contributed by atoms with van der Waals surface area (Å²) in [5.41, 5.74) is 7.51. The monoisotopic (exact) mass is 489 g/mol. The molecule has 0 saturated heterocycles. The van der Waals surface area contributed by atoms with Gasteiger partial charge in [-0.25, -0.2) is 4.40 Å². The molecule has 0 atom stereocenters. The molecular formula is C35H23NO2. The largest absolute Gasteiger partial charge is 0.268 e. The van der Waals surface area contributed by atoms with Gasteiger partial charge in [-0.1, -0.05) is 86.6 Å². The summed E-state index contributed by atoms with van der Waals surface area (Å²) in [5, 5.41) is 4.68. The molecule has 0 bridgehead atoms. The third-order valence-corrected chi connectivity index (χ3v) is 8.55. The van der Waals surface area contributed by atoms with E-state index in [0.717, 1.165) is 32.7 Å². The summed E-state index contributed by atoms with van der Waals surface area (Å²) in [6.07, 6.45) is 0. The number of aromatic nitrogens is 1. The van der Waals surface area contributed by atoms with Crippen molar-refractivity contribution in [3.8, 4) is 22.3 Å². The molecule has 180 valence electrons. The van der Waals surface area contributed by atoms with E-state index in [0.29, 0.717) is 16.3 Å². The van der Waals surface area contributed by atoms with Crippen LogP contribution in [0.4, 0.5) is 0 Å². The molecule has 2 aromatic heterocycles. The van der Waals surface area contributed by atoms with Crippen molar-refractivity contribution in [1.82, 2.24) is 4.40 Å². The molecular weight excluding hydrogens is 466 g/mol. The summed E-state index contributed by atoms with van der Waals surface area (Å²) < 4.78 is 1.38. The first-order valence-corrected chi connectivity index (χ1v) is 13.0. The lowest BCUT2D eigenvalue weighted by Crippen LogP contribution is -2.27. The predicted molar refractivity (Wildman–Crippen MR) is 157 cm³/mol. The average Bonchev–Trinajstić information content (AvgIpc) is 3.18. The normalized spacial score (nSPS) is 13.9. The molecule has 8 rings (SSSR count). The lowest BCUT2D eigenvalue weighted by Gasteiger charge is -2.22. The highest BCUT2D eigenvalue weighted by atomic mass is 16.2. The van der Waals surface area contributed by atoms with Crippen LogP contribution >= 0.6 is 0 Å². The second-order valence-electron chi connectivity index (χ2n) is 10.9. The van der Waals surface area contributed by atoms with Crippen molar-refractivity contribution < 1.29 is 0 Å². The fourth-order valence-electron chi connectivity index (χ4n) is 6.68. The van der Waals surface area contributed by atoms with Crippen LogP contribution in [-0.2, 0) is 5.41 Å². The Morgan fingerprint density at radius 1 is 0.500 bits per heavy atom. The topological polar surface area (TPSA) is 38.5 Å². The molecule has 7 aromatic rings. The smallest absolute Gasteiger partial charge is 0.266 e. The first-order chi connectivity index (χ1) is 18.4. The maximum absolute atomic E-state index is 13.6. The molecule has 0 aliphatic heterocycles. The molecule has 0 amide bonds. The summed E-state index contributed by atoms with van der Waals surface area (Å²) in [5.74, 6) is 0. The molecule has 5 aromatic carbocycles. The third-order valence-electron chi connectivity index (χ3n) is 8.55. The Hall–Kier alpha value is -4.76. The first-order valence-electron chi connectivity index (χ1n) is 13.0. The molecule has 0 unspecified atom stereocenters. The Morgan fingerprint density at radius 3 is 1.66 bits per heavy atom. The Labute approximate surface area is 218 Å². The lowest BCUT2D eigenvalue weighted by atomic mass is 9.81. The van der Waals surface area contributed by atoms with Gasteiger partial charge in [0.1, 0.15) is 0 Å². The maximum atomic E-state index is 13.6. The van der Waals surface area contributed by atoms with Gasteiger partial charge >= 0.3 is 0 Å². The van der Waals surface area contributed by atoms with Crippen molar-refractivity contribution in [2.24, 2.45) is 0 Å². The summed E-state index contributed by atoms with van der Waals surface area (Å²) in [6.45, 7) is 4.58. The van der Waals surface area contributed by atoms with Gasteiger partial charge in [-0.15, -0.1) is 0 Å². The van der Waals surface area contributed by atoms with Crippen molar-refractivity contribution in [3.05, 3.63) is 135 Å². The highest BCUT2D eigenvalue weighted by Crippen LogP contribution is 2.49. The number of fused-ring (bicyclic) bond motifs is 7. The fourth-order valence-corrected chi connectivity index (χ4v) is 6.68. The van der Waals surface area contributed by atoms with Crippen LogP contribution in [0.5, 0.6) is 0 Å². The summed E-state index contributed by atoms with van der Waals surface area (Å²) in [7, 11) is 0. The van der Waals surface area contributed by atoms with Gasteiger partial charge in [0.25, 0.3) is 11.1 Å². The minimum atomic E-state index is -0.265. The number of pyridine rings is 2. The van der Waals surface area contributed by atoms with E-state index in [1.807, 2.05) is 48.5 Å². The number of rotatable bonds is 1. The van der Waals surface area contributed by atoms with E-state index in [1.165, 1.54) is 26.7 Å². The zero-order chi connectivity index (χ0) is 25.8. The maximum Gasteiger partial charge on any atom is 0.266 e. The first kappa shape index (κ1) is 21.3. The predicted octanol–water partition coefficient (Wildman–Crippen LogP) is 7.53. The minimum absolute atomic E-state index is 0.0980. The zero-order valence-electron chi connectivity index (χ0n) is 21.1. The van der Waals surface area contributed by atoms with Gasteiger partial charge in [0, 0.05) is 27.0 Å². The van der Waals surface area contributed by atoms with Gasteiger partial charge in [-0.3, -0.25) is 9.59 Å². The van der Waals surface area contributed by atoms with E-state index in [2.05, 4.69) is 68.4 Å². The van der Waals surface area contributed by atoms with Crippen molar-refractivity contribution in [1.29, 1.82) is 0 Å². The average molecular weight is 490 g/mol. The zero-order valence-corrected chi connectivity index (χ0v) is 21.1. The van der Waals surface area contributed by atoms with Crippen molar-refractivity contribution in [3.63, 3.8) is 0 Å². The number of nitrogens with zero attached hydrogens (tertiary/aromatic N) is 1. The van der Waals surface area contributed by atoms with Crippen LogP contribution in [0.1, 0.15) is 25.0 Å². The molecule has 0 spiro atoms. The number of hydrogen-bond acceptors (Lipinski definition) is 2. The van der Waals surface area contributed by atoms with Gasteiger partial charge in [0.15, 0.2) is 0 Å². The van der Waals surface area contributed by atoms with Crippen LogP contribution < -0.4 is 11.1 Å². The van der Waals surface area contributed by atoms with Crippen LogP contribution in [0.2, 0.25) is 0 Å². The van der Waals surface area contributed by atoms with E-state index in [9.17, 15) is 9.59 Å². The minimum Gasteiger partial charge on any atom is -0.268 e. The van der Waals surface area contributed by atoms with Crippen LogP contribution in [-0.4, -0.2) is 4.40 Å². The highest BCUT2D eigenvalue weighted by Gasteiger charge is 2.35. The Kier molecular flexibility index (Phi) is 4.03. The van der Waals surface area contributed by atoms with Crippen LogP contribution in [0.25, 0.3) is 60.1 Å². The molecule has 0 saturated carbocycles. The van der Waals surface area contributed by atoms with Crippen LogP contribution in [0, 0.1) is 0 Å². The quantitative estimate of drug-likeness (QED) is 0.177. The Balaban J connectivity index is 1.52. The molecule has 3 heteroatoms. The van der Waals surface area contributed by atoms with Gasteiger partial charge in [0.2, 0.25) is 0 Å². The van der Waals surface area contributed by atoms with Crippen LogP contribution in [0.15, 0.2) is 113 Å². The van der Waals surface area contributed by atoms with Crippen LogP contribution in [0.3, 0.4) is 0 Å². The van der Waals surface area contributed by atoms with E-state index < -0.39 is 0 Å². The Morgan fingerprint density at radius 2 is 1.03 bits per heavy atom. The second kappa shape index (κ2) is 7.17. The van der Waals surface area contributed by atoms with Gasteiger partial charge in [-0.2, -0.15) is 0 Å². The van der Waals surface area contributed by atoms with E-state index in [4.69, 9.17) is 0 Å². The summed E-state index contributed by atoms with van der Waals surface area (Å²) in [6, 6.07) is 34.9. The van der Waals surface area contributed by atoms with E-state index in [1.54, 1.807) is 0 Å².